The third-order valence-corrected chi connectivity index (χ3v) is 3.57. The van der Waals surface area contributed by atoms with Gasteiger partial charge < -0.3 is 5.11 Å². The highest BCUT2D eigenvalue weighted by molar-refractivity contribution is 7.86. The fourth-order valence-corrected chi connectivity index (χ4v) is 2.07. The predicted molar refractivity (Wildman–Crippen MR) is 54.1 cm³/mol. The summed E-state index contributed by atoms with van der Waals surface area (Å²) in [5.41, 5.74) is -2.31. The van der Waals surface area contributed by atoms with E-state index in [2.05, 4.69) is 0 Å². The summed E-state index contributed by atoms with van der Waals surface area (Å²) in [6, 6.07) is 7.37. The molecule has 0 aromatic heterocycles. The molecule has 1 N–H and O–H groups in total. The second-order valence-electron chi connectivity index (χ2n) is 3.66. The lowest BCUT2D eigenvalue weighted by Gasteiger charge is -2.27. The van der Waals surface area contributed by atoms with E-state index in [-0.39, 0.29) is 4.90 Å². The van der Waals surface area contributed by atoms with Crippen LogP contribution in [0.15, 0.2) is 35.2 Å². The second kappa shape index (κ2) is 3.98. The number of hydrogen-bond donors (Lipinski definition) is 1. The molecular formula is C10H12F2O2S. The molecule has 1 atom stereocenters. The predicted octanol–water partition coefficient (Wildman–Crippen LogP) is 2.16. The minimum Gasteiger partial charge on any atom is -0.383 e. The van der Waals surface area contributed by atoms with Gasteiger partial charge in [0.1, 0.15) is 16.4 Å². The molecule has 5 heteroatoms. The fraction of sp³-hybridized carbons (Fsp3) is 0.400. The van der Waals surface area contributed by atoms with Gasteiger partial charge in [0.05, 0.1) is 0 Å². The average Bonchev–Trinajstić information content (AvgIpc) is 2.16. The number of alkyl halides is 2. The maximum Gasteiger partial charge on any atom is 0.352 e. The Morgan fingerprint density at radius 1 is 1.20 bits per heavy atom. The Balaban J connectivity index is 3.06. The first-order valence-electron chi connectivity index (χ1n) is 4.34. The summed E-state index contributed by atoms with van der Waals surface area (Å²) in [5, 5.41) is 5.56. The first kappa shape index (κ1) is 12.3. The van der Waals surface area contributed by atoms with E-state index < -0.39 is 21.7 Å². The van der Waals surface area contributed by atoms with Crippen molar-refractivity contribution in [1.29, 1.82) is 0 Å². The maximum atomic E-state index is 13.5. The van der Waals surface area contributed by atoms with Gasteiger partial charge in [-0.1, -0.05) is 18.2 Å². The molecule has 0 heterocycles. The lowest BCUT2D eigenvalue weighted by atomic mass is 10.1. The molecule has 0 spiro atoms. The molecule has 1 aromatic rings. The number of benzene rings is 1. The molecule has 0 aliphatic rings. The number of rotatable bonds is 3. The molecule has 1 aromatic carbocycles. The summed E-state index contributed by atoms with van der Waals surface area (Å²) in [7, 11) is -2.55. The topological polar surface area (TPSA) is 37.3 Å². The van der Waals surface area contributed by atoms with Crippen molar-refractivity contribution in [3.63, 3.8) is 0 Å². The smallest absolute Gasteiger partial charge is 0.352 e. The Hall–Kier alpha value is -0.810. The van der Waals surface area contributed by atoms with E-state index in [1.807, 2.05) is 0 Å². The number of halogens is 2. The third kappa shape index (κ3) is 2.41. The molecule has 2 nitrogen and oxygen atoms in total. The molecule has 0 saturated carbocycles. The van der Waals surface area contributed by atoms with E-state index in [1.54, 1.807) is 6.07 Å². The van der Waals surface area contributed by atoms with Crippen molar-refractivity contribution in [3.8, 4) is 0 Å². The van der Waals surface area contributed by atoms with Crippen molar-refractivity contribution in [2.45, 2.75) is 29.6 Å². The summed E-state index contributed by atoms with van der Waals surface area (Å²) >= 11 is 0. The van der Waals surface area contributed by atoms with Crippen molar-refractivity contribution in [3.05, 3.63) is 30.3 Å². The van der Waals surface area contributed by atoms with Gasteiger partial charge in [-0.15, -0.1) is 0 Å². The van der Waals surface area contributed by atoms with E-state index in [0.29, 0.717) is 0 Å². The highest BCUT2D eigenvalue weighted by Crippen LogP contribution is 2.34. The largest absolute Gasteiger partial charge is 0.383 e. The number of hydrogen-bond acceptors (Lipinski definition) is 2. The van der Waals surface area contributed by atoms with Crippen LogP contribution in [0.3, 0.4) is 0 Å². The van der Waals surface area contributed by atoms with Crippen LogP contribution in [-0.2, 0) is 10.8 Å². The van der Waals surface area contributed by atoms with Crippen LogP contribution in [0, 0.1) is 0 Å². The lowest BCUT2D eigenvalue weighted by Crippen LogP contribution is -2.46. The minimum absolute atomic E-state index is 0.00428. The minimum atomic E-state index is -3.67. The van der Waals surface area contributed by atoms with Crippen molar-refractivity contribution < 1.29 is 18.1 Å². The van der Waals surface area contributed by atoms with Crippen LogP contribution >= 0.6 is 0 Å². The zero-order chi connectivity index (χ0) is 11.7. The summed E-state index contributed by atoms with van der Waals surface area (Å²) < 4.78 is 38.4. The van der Waals surface area contributed by atoms with Crippen LogP contribution < -0.4 is 0 Å². The summed E-state index contributed by atoms with van der Waals surface area (Å²) in [6.45, 7) is 1.88. The van der Waals surface area contributed by atoms with Crippen molar-refractivity contribution in [1.82, 2.24) is 0 Å². The van der Waals surface area contributed by atoms with E-state index in [1.165, 1.54) is 24.3 Å². The Morgan fingerprint density at radius 2 is 1.67 bits per heavy atom. The van der Waals surface area contributed by atoms with E-state index >= 15 is 0 Å². The standard InChI is InChI=1S/C10H12F2O2S/c1-9(2,13)10(11,12)15(14)8-6-4-3-5-7-8/h3-7,13H,1-2H3. The average molecular weight is 234 g/mol. The third-order valence-electron chi connectivity index (χ3n) is 1.90. The summed E-state index contributed by atoms with van der Waals surface area (Å²) in [5.74, 6) is 0. The fourth-order valence-electron chi connectivity index (χ4n) is 0.919. The van der Waals surface area contributed by atoms with Gasteiger partial charge in [-0.3, -0.25) is 0 Å². The van der Waals surface area contributed by atoms with Gasteiger partial charge in [0.2, 0.25) is 0 Å². The number of aliphatic hydroxyl groups is 1. The van der Waals surface area contributed by atoms with Crippen molar-refractivity contribution in [2.75, 3.05) is 0 Å². The van der Waals surface area contributed by atoms with Crippen LogP contribution in [0.5, 0.6) is 0 Å². The molecule has 0 saturated heterocycles. The summed E-state index contributed by atoms with van der Waals surface area (Å²) in [6.07, 6.45) is 0. The molecule has 0 bridgehead atoms. The Bertz CT molecular complexity index is 357. The van der Waals surface area contributed by atoms with E-state index in [4.69, 9.17) is 0 Å². The molecule has 0 fully saturated rings. The Labute approximate surface area is 89.4 Å². The van der Waals surface area contributed by atoms with Gasteiger partial charge in [0.25, 0.3) is 0 Å². The first-order chi connectivity index (χ1) is 6.77. The van der Waals surface area contributed by atoms with Gasteiger partial charge in [-0.2, -0.15) is 8.78 Å². The second-order valence-corrected chi connectivity index (χ2v) is 5.18. The molecule has 15 heavy (non-hydrogen) atoms. The Morgan fingerprint density at radius 3 is 2.07 bits per heavy atom. The molecule has 0 radical (unpaired) electrons. The van der Waals surface area contributed by atoms with Crippen LogP contribution in [0.25, 0.3) is 0 Å². The molecule has 1 rings (SSSR count). The van der Waals surface area contributed by atoms with E-state index in [0.717, 1.165) is 13.8 Å². The van der Waals surface area contributed by atoms with E-state index in [9.17, 15) is 18.1 Å². The van der Waals surface area contributed by atoms with Crippen LogP contribution in [0.2, 0.25) is 0 Å². The van der Waals surface area contributed by atoms with Gasteiger partial charge in [-0.05, 0) is 26.0 Å². The highest BCUT2D eigenvalue weighted by Gasteiger charge is 2.51. The van der Waals surface area contributed by atoms with Crippen molar-refractivity contribution in [2.24, 2.45) is 0 Å². The normalized spacial score (nSPS) is 15.0. The van der Waals surface area contributed by atoms with Crippen LogP contribution in [-0.4, -0.2) is 20.2 Å². The molecule has 0 aliphatic heterocycles. The van der Waals surface area contributed by atoms with Gasteiger partial charge in [0, 0.05) is 4.90 Å². The highest BCUT2D eigenvalue weighted by atomic mass is 32.2. The molecule has 0 aliphatic carbocycles. The van der Waals surface area contributed by atoms with Crippen LogP contribution in [0.1, 0.15) is 13.8 Å². The molecular weight excluding hydrogens is 222 g/mol. The first-order valence-corrected chi connectivity index (χ1v) is 5.49. The quantitative estimate of drug-likeness (QED) is 0.870. The maximum absolute atomic E-state index is 13.5. The van der Waals surface area contributed by atoms with Gasteiger partial charge >= 0.3 is 5.25 Å². The molecule has 1 unspecified atom stereocenters. The zero-order valence-corrected chi connectivity index (χ0v) is 9.22. The Kier molecular flexibility index (Phi) is 3.25. The summed E-state index contributed by atoms with van der Waals surface area (Å²) in [4.78, 5) is 0.00428. The van der Waals surface area contributed by atoms with Gasteiger partial charge in [-0.25, -0.2) is 4.21 Å². The SMILES string of the molecule is CC(C)(O)C(F)(F)S(=O)c1ccccc1. The van der Waals surface area contributed by atoms with Crippen molar-refractivity contribution >= 4 is 10.8 Å². The lowest BCUT2D eigenvalue weighted by molar-refractivity contribution is -0.0989. The van der Waals surface area contributed by atoms with Gasteiger partial charge in [0.15, 0.2) is 0 Å². The zero-order valence-electron chi connectivity index (χ0n) is 8.41. The molecule has 0 amide bonds. The van der Waals surface area contributed by atoms with Crippen LogP contribution in [0.4, 0.5) is 8.78 Å². The molecule has 84 valence electrons. The monoisotopic (exact) mass is 234 g/mol.